The van der Waals surface area contributed by atoms with E-state index in [1.807, 2.05) is 48.5 Å². The Labute approximate surface area is 225 Å². The summed E-state index contributed by atoms with van der Waals surface area (Å²) >= 11 is 7.88. The van der Waals surface area contributed by atoms with Crippen molar-refractivity contribution in [2.45, 2.75) is 30.6 Å². The lowest BCUT2D eigenvalue weighted by atomic mass is 9.76. The minimum atomic E-state index is 0.289. The van der Waals surface area contributed by atoms with Crippen LogP contribution in [-0.2, 0) is 12.8 Å². The maximum atomic E-state index is 9.27. The fraction of sp³-hybridized carbons (Fsp3) is 0.286. The van der Waals surface area contributed by atoms with Crippen LogP contribution in [0.5, 0.6) is 0 Å². The zero-order chi connectivity index (χ0) is 25.6. The minimum Gasteiger partial charge on any atom is -0.382 e. The molecule has 1 aromatic carbocycles. The highest BCUT2D eigenvalue weighted by Crippen LogP contribution is 2.45. The molecule has 1 spiro atoms. The number of fused-ring (bicyclic) bond motifs is 3. The number of nitrogen functional groups attached to an aromatic ring is 1. The van der Waals surface area contributed by atoms with Crippen molar-refractivity contribution in [3.63, 3.8) is 0 Å². The summed E-state index contributed by atoms with van der Waals surface area (Å²) in [5.74, 6) is 2.91. The predicted octanol–water partition coefficient (Wildman–Crippen LogP) is 5.16. The van der Waals surface area contributed by atoms with E-state index in [4.69, 9.17) is 27.3 Å². The van der Waals surface area contributed by atoms with Crippen LogP contribution in [0.3, 0.4) is 0 Å². The zero-order valence-corrected chi connectivity index (χ0v) is 22.1. The Morgan fingerprint density at radius 3 is 2.76 bits per heavy atom. The fourth-order valence-corrected chi connectivity index (χ4v) is 6.77. The predicted molar refractivity (Wildman–Crippen MR) is 149 cm³/mol. The van der Waals surface area contributed by atoms with E-state index in [1.165, 1.54) is 22.9 Å². The number of aliphatic imine (C=N–C) groups is 2. The SMILES string of the molecule is CN1C2=CC=C(Sc3ccnc(N)c3Cl)/C1=N/C=C/C(N1CCC3(CC1)Cc1ccc(C#N)cc1C3)=N\2. The van der Waals surface area contributed by atoms with Crippen LogP contribution < -0.4 is 5.73 Å². The fourth-order valence-electron chi connectivity index (χ4n) is 5.56. The van der Waals surface area contributed by atoms with Crippen molar-refractivity contribution in [3.8, 4) is 6.07 Å². The second-order valence-corrected chi connectivity index (χ2v) is 11.4. The lowest BCUT2D eigenvalue weighted by molar-refractivity contribution is 0.158. The van der Waals surface area contributed by atoms with Gasteiger partial charge >= 0.3 is 0 Å². The molecule has 186 valence electrons. The molecule has 2 aromatic rings. The lowest BCUT2D eigenvalue weighted by Gasteiger charge is -2.40. The van der Waals surface area contributed by atoms with Crippen molar-refractivity contribution in [1.82, 2.24) is 14.8 Å². The second kappa shape index (κ2) is 9.40. The van der Waals surface area contributed by atoms with Gasteiger partial charge in [-0.3, -0.25) is 0 Å². The number of hydrogen-bond acceptors (Lipinski definition) is 8. The molecule has 3 aliphatic heterocycles. The molecule has 1 aliphatic carbocycles. The summed E-state index contributed by atoms with van der Waals surface area (Å²) in [7, 11) is 1.98. The number of halogens is 1. The van der Waals surface area contributed by atoms with Crippen molar-refractivity contribution in [2.24, 2.45) is 15.4 Å². The largest absolute Gasteiger partial charge is 0.382 e. The van der Waals surface area contributed by atoms with Gasteiger partial charge in [0.1, 0.15) is 23.3 Å². The highest BCUT2D eigenvalue weighted by Gasteiger charge is 2.40. The summed E-state index contributed by atoms with van der Waals surface area (Å²) in [6.07, 6.45) is 13.9. The lowest BCUT2D eigenvalue weighted by Crippen LogP contribution is -2.43. The van der Waals surface area contributed by atoms with Gasteiger partial charge in [-0.15, -0.1) is 0 Å². The number of anilines is 1. The molecule has 6 rings (SSSR count). The minimum absolute atomic E-state index is 0.289. The Bertz CT molecular complexity index is 1470. The molecule has 1 saturated heterocycles. The van der Waals surface area contributed by atoms with E-state index >= 15 is 0 Å². The number of benzene rings is 1. The Kier molecular flexibility index (Phi) is 6.06. The van der Waals surface area contributed by atoms with Gasteiger partial charge in [-0.2, -0.15) is 5.26 Å². The van der Waals surface area contributed by atoms with E-state index in [2.05, 4.69) is 28.1 Å². The van der Waals surface area contributed by atoms with Crippen LogP contribution in [0.1, 0.15) is 29.5 Å². The van der Waals surface area contributed by atoms with E-state index in [0.717, 1.165) is 71.6 Å². The molecule has 9 heteroatoms. The number of aromatic nitrogens is 1. The number of rotatable bonds is 2. The van der Waals surface area contributed by atoms with Gasteiger partial charge in [0, 0.05) is 37.4 Å². The molecule has 1 aromatic heterocycles. The van der Waals surface area contributed by atoms with Crippen molar-refractivity contribution in [1.29, 1.82) is 5.26 Å². The number of pyridine rings is 1. The zero-order valence-electron chi connectivity index (χ0n) is 20.5. The van der Waals surface area contributed by atoms with Gasteiger partial charge in [-0.1, -0.05) is 29.4 Å². The first-order valence-corrected chi connectivity index (χ1v) is 13.5. The standard InChI is InChI=1S/C28H26ClN7S/c1-35-23-5-4-22(37-21-6-10-32-26(31)25(21)29)27(35)33-11-7-24(34-23)36-12-8-28(9-13-36)15-19-3-2-18(17-30)14-20(19)16-28/h2-7,10-11,14H,8-9,12-13,15-16H2,1H3,(H2,31,32)/b11-7+,24-7?,33-11?,33-27-,34-23?,34-24+. The molecule has 2 bridgehead atoms. The van der Waals surface area contributed by atoms with Crippen LogP contribution in [-0.4, -0.2) is 46.6 Å². The third-order valence-electron chi connectivity index (χ3n) is 7.63. The van der Waals surface area contributed by atoms with Gasteiger partial charge in [0.2, 0.25) is 0 Å². The average Bonchev–Trinajstić information content (AvgIpc) is 3.25. The van der Waals surface area contributed by atoms with Gasteiger partial charge < -0.3 is 15.5 Å². The van der Waals surface area contributed by atoms with Gasteiger partial charge in [-0.05, 0) is 78.7 Å². The first-order valence-electron chi connectivity index (χ1n) is 12.3. The first kappa shape index (κ1) is 23.8. The number of nitrogens with two attached hydrogens (primary N) is 1. The maximum Gasteiger partial charge on any atom is 0.147 e. The summed E-state index contributed by atoms with van der Waals surface area (Å²) in [6, 6.07) is 10.3. The molecule has 7 nitrogen and oxygen atoms in total. The summed E-state index contributed by atoms with van der Waals surface area (Å²) in [5.41, 5.74) is 9.69. The van der Waals surface area contributed by atoms with Crippen molar-refractivity contribution in [3.05, 3.63) is 87.3 Å². The van der Waals surface area contributed by atoms with Gasteiger partial charge in [-0.25, -0.2) is 15.0 Å². The molecule has 4 heterocycles. The Morgan fingerprint density at radius 2 is 1.95 bits per heavy atom. The molecule has 4 aliphatic rings. The quantitative estimate of drug-likeness (QED) is 0.580. The number of amidine groups is 2. The molecule has 0 radical (unpaired) electrons. The monoisotopic (exact) mass is 527 g/mol. The van der Waals surface area contributed by atoms with Crippen molar-refractivity contribution < 1.29 is 0 Å². The summed E-state index contributed by atoms with van der Waals surface area (Å²) in [6.45, 7) is 1.91. The van der Waals surface area contributed by atoms with Crippen LogP contribution in [0.2, 0.25) is 5.02 Å². The number of allylic oxidation sites excluding steroid dienone is 2. The number of nitriles is 1. The summed E-state index contributed by atoms with van der Waals surface area (Å²) in [5, 5.41) is 9.72. The van der Waals surface area contributed by atoms with Crippen molar-refractivity contribution >= 4 is 40.9 Å². The maximum absolute atomic E-state index is 9.27. The molecular formula is C28H26ClN7S. The van der Waals surface area contributed by atoms with Crippen molar-refractivity contribution in [2.75, 3.05) is 25.9 Å². The van der Waals surface area contributed by atoms with Gasteiger partial charge in [0.25, 0.3) is 0 Å². The molecule has 1 fully saturated rings. The van der Waals surface area contributed by atoms with Crippen LogP contribution in [0.4, 0.5) is 5.82 Å². The molecule has 0 atom stereocenters. The number of thioether (sulfide) groups is 1. The van der Waals surface area contributed by atoms with Crippen LogP contribution in [0.15, 0.2) is 80.5 Å². The third kappa shape index (κ3) is 4.43. The number of nitrogens with zero attached hydrogens (tertiary/aromatic N) is 6. The van der Waals surface area contributed by atoms with Crippen LogP contribution >= 0.6 is 23.4 Å². The Balaban J connectivity index is 1.19. The molecular weight excluding hydrogens is 502 g/mol. The normalized spacial score (nSPS) is 23.5. The van der Waals surface area contributed by atoms with E-state index in [9.17, 15) is 5.26 Å². The number of likely N-dealkylation sites (tertiary alicyclic amines) is 1. The van der Waals surface area contributed by atoms with Gasteiger partial charge in [0.15, 0.2) is 0 Å². The Morgan fingerprint density at radius 1 is 1.14 bits per heavy atom. The van der Waals surface area contributed by atoms with Crippen LogP contribution in [0.25, 0.3) is 0 Å². The molecule has 0 unspecified atom stereocenters. The third-order valence-corrected chi connectivity index (χ3v) is 9.24. The average molecular weight is 528 g/mol. The number of hydrogen-bond donors (Lipinski definition) is 1. The van der Waals surface area contributed by atoms with Crippen LogP contribution in [0, 0.1) is 16.7 Å². The summed E-state index contributed by atoms with van der Waals surface area (Å²) < 4.78 is 0. The smallest absolute Gasteiger partial charge is 0.147 e. The second-order valence-electron chi connectivity index (χ2n) is 9.90. The Hall–Kier alpha value is -3.54. The molecule has 37 heavy (non-hydrogen) atoms. The topological polar surface area (TPSA) is 93.9 Å². The highest BCUT2D eigenvalue weighted by atomic mass is 35.5. The first-order chi connectivity index (χ1) is 17.9. The molecule has 0 amide bonds. The summed E-state index contributed by atoms with van der Waals surface area (Å²) in [4.78, 5) is 20.0. The molecule has 2 N–H and O–H groups in total. The highest BCUT2D eigenvalue weighted by molar-refractivity contribution is 8.04. The van der Waals surface area contributed by atoms with E-state index in [0.29, 0.717) is 10.8 Å². The van der Waals surface area contributed by atoms with E-state index in [1.54, 1.807) is 6.20 Å². The number of likely N-dealkylation sites (N-methyl/N-ethyl adjacent to an activating group) is 1. The van der Waals surface area contributed by atoms with E-state index in [-0.39, 0.29) is 5.41 Å². The van der Waals surface area contributed by atoms with Gasteiger partial charge in [0.05, 0.1) is 21.6 Å². The van der Waals surface area contributed by atoms with E-state index < -0.39 is 0 Å². The number of piperidine rings is 1. The molecule has 0 saturated carbocycles.